The molecule has 4 rings (SSSR count). The van der Waals surface area contributed by atoms with Gasteiger partial charge >= 0.3 is 0 Å². The van der Waals surface area contributed by atoms with Gasteiger partial charge in [0, 0.05) is 18.2 Å². The number of hydrogen-bond donors (Lipinski definition) is 0. The van der Waals surface area contributed by atoms with Crippen LogP contribution in [0.5, 0.6) is 11.6 Å². The summed E-state index contributed by atoms with van der Waals surface area (Å²) in [5, 5.41) is 7.64. The van der Waals surface area contributed by atoms with Crippen molar-refractivity contribution >= 4 is 11.0 Å². The molecule has 2 aromatic carbocycles. The summed E-state index contributed by atoms with van der Waals surface area (Å²) in [7, 11) is 0. The van der Waals surface area contributed by atoms with E-state index >= 15 is 0 Å². The third-order valence-electron chi connectivity index (χ3n) is 3.29. The fraction of sp³-hybridized carbons (Fsp3) is 0. The number of halogens is 2. The maximum atomic E-state index is 13.3. The number of hydrogen-bond acceptors (Lipinski definition) is 5. The van der Waals surface area contributed by atoms with Crippen LogP contribution in [0.3, 0.4) is 0 Å². The lowest BCUT2D eigenvalue weighted by atomic mass is 10.3. The Balaban J connectivity index is 1.67. The lowest BCUT2D eigenvalue weighted by Crippen LogP contribution is -1.96. The Morgan fingerprint density at radius 1 is 1.00 bits per heavy atom. The highest BCUT2D eigenvalue weighted by molar-refractivity contribution is 5.74. The van der Waals surface area contributed by atoms with Gasteiger partial charge in [0.05, 0.1) is 35.3 Å². The zero-order valence-corrected chi connectivity index (χ0v) is 12.1. The molecule has 0 radical (unpaired) electrons. The molecule has 0 saturated carbocycles. The van der Waals surface area contributed by atoms with Crippen molar-refractivity contribution in [2.75, 3.05) is 0 Å². The van der Waals surface area contributed by atoms with Gasteiger partial charge in [-0.3, -0.25) is 0 Å². The summed E-state index contributed by atoms with van der Waals surface area (Å²) in [5.41, 5.74) is 1.21. The summed E-state index contributed by atoms with van der Waals surface area (Å²) in [6.07, 6.45) is 4.62. The molecule has 2 aromatic heterocycles. The second-order valence-electron chi connectivity index (χ2n) is 4.91. The first-order chi connectivity index (χ1) is 11.7. The zero-order valence-electron chi connectivity index (χ0n) is 12.1. The number of rotatable bonds is 3. The number of benzene rings is 2. The molecule has 0 unspecified atom stereocenters. The quantitative estimate of drug-likeness (QED) is 0.578. The summed E-state index contributed by atoms with van der Waals surface area (Å²) in [6.45, 7) is 0. The molecule has 0 saturated heterocycles. The van der Waals surface area contributed by atoms with Crippen molar-refractivity contribution < 1.29 is 13.5 Å². The Hall–Kier alpha value is -3.42. The van der Waals surface area contributed by atoms with Crippen molar-refractivity contribution in [3.8, 4) is 17.3 Å². The fourth-order valence-electron chi connectivity index (χ4n) is 2.20. The predicted molar refractivity (Wildman–Crippen MR) is 80.9 cm³/mol. The Bertz CT molecular complexity index is 1020. The van der Waals surface area contributed by atoms with Crippen LogP contribution in [0.1, 0.15) is 0 Å². The minimum Gasteiger partial charge on any atom is -0.437 e. The molecule has 0 amide bonds. The van der Waals surface area contributed by atoms with Crippen molar-refractivity contribution in [1.82, 2.24) is 25.0 Å². The van der Waals surface area contributed by atoms with E-state index in [0.29, 0.717) is 5.75 Å². The highest BCUT2D eigenvalue weighted by Gasteiger charge is 2.08. The highest BCUT2D eigenvalue weighted by atomic mass is 19.2. The molecule has 0 aliphatic heterocycles. The van der Waals surface area contributed by atoms with Crippen LogP contribution >= 0.6 is 0 Å². The molecular weight excluding hydrogens is 316 g/mol. The molecule has 0 spiro atoms. The van der Waals surface area contributed by atoms with E-state index in [1.165, 1.54) is 6.20 Å². The van der Waals surface area contributed by atoms with E-state index in [2.05, 4.69) is 20.3 Å². The van der Waals surface area contributed by atoms with Gasteiger partial charge < -0.3 is 4.74 Å². The monoisotopic (exact) mass is 325 g/mol. The van der Waals surface area contributed by atoms with Gasteiger partial charge in [0.15, 0.2) is 11.6 Å². The largest absolute Gasteiger partial charge is 0.437 e. The fourth-order valence-corrected chi connectivity index (χ4v) is 2.20. The summed E-state index contributed by atoms with van der Waals surface area (Å²) in [6, 6.07) is 9.08. The Kier molecular flexibility index (Phi) is 3.34. The predicted octanol–water partition coefficient (Wildman–Crippen LogP) is 3.28. The molecule has 4 aromatic rings. The van der Waals surface area contributed by atoms with Crippen molar-refractivity contribution in [3.05, 3.63) is 66.6 Å². The van der Waals surface area contributed by atoms with E-state index in [9.17, 15) is 8.78 Å². The third-order valence-corrected chi connectivity index (χ3v) is 3.29. The number of aromatic nitrogens is 5. The average Bonchev–Trinajstić information content (AvgIpc) is 3.11. The number of ether oxygens (including phenoxy) is 1. The van der Waals surface area contributed by atoms with Gasteiger partial charge in [0.1, 0.15) is 5.75 Å². The van der Waals surface area contributed by atoms with Crippen LogP contribution in [0.4, 0.5) is 8.78 Å². The van der Waals surface area contributed by atoms with Gasteiger partial charge in [0.2, 0.25) is 5.88 Å². The van der Waals surface area contributed by atoms with E-state index in [4.69, 9.17) is 4.74 Å². The van der Waals surface area contributed by atoms with Crippen molar-refractivity contribution in [2.24, 2.45) is 0 Å². The molecule has 0 fully saturated rings. The first kappa shape index (κ1) is 14.2. The van der Waals surface area contributed by atoms with Crippen LogP contribution in [0.25, 0.3) is 16.7 Å². The van der Waals surface area contributed by atoms with Gasteiger partial charge in [-0.25, -0.2) is 23.4 Å². The summed E-state index contributed by atoms with van der Waals surface area (Å²) in [5.74, 6) is -1.28. The number of fused-ring (bicyclic) bond motifs is 1. The second kappa shape index (κ2) is 5.65. The molecule has 8 heteroatoms. The SMILES string of the molecule is Fc1cc2ncc(Oc3cccc(-n4ccnn4)c3)nc2cc1F. The van der Waals surface area contributed by atoms with E-state index in [-0.39, 0.29) is 16.9 Å². The van der Waals surface area contributed by atoms with E-state index in [1.54, 1.807) is 35.3 Å². The lowest BCUT2D eigenvalue weighted by Gasteiger charge is -2.07. The standard InChI is InChI=1S/C16H9F2N5O/c17-12-7-14-15(8-13(12)18)21-16(9-19-14)24-11-3-1-2-10(6-11)23-5-4-20-22-23/h1-9H. The summed E-state index contributed by atoms with van der Waals surface area (Å²) in [4.78, 5) is 8.17. The minimum absolute atomic E-state index is 0.171. The first-order valence-corrected chi connectivity index (χ1v) is 6.95. The van der Waals surface area contributed by atoms with Crippen LogP contribution in [0, 0.1) is 11.6 Å². The molecule has 0 aliphatic carbocycles. The second-order valence-corrected chi connectivity index (χ2v) is 4.91. The Morgan fingerprint density at radius 2 is 1.83 bits per heavy atom. The van der Waals surface area contributed by atoms with Crippen LogP contribution in [-0.4, -0.2) is 25.0 Å². The van der Waals surface area contributed by atoms with E-state index < -0.39 is 11.6 Å². The van der Waals surface area contributed by atoms with Crippen molar-refractivity contribution in [1.29, 1.82) is 0 Å². The van der Waals surface area contributed by atoms with Crippen LogP contribution in [0.15, 0.2) is 55.0 Å². The van der Waals surface area contributed by atoms with Crippen LogP contribution in [-0.2, 0) is 0 Å². The van der Waals surface area contributed by atoms with Crippen molar-refractivity contribution in [3.63, 3.8) is 0 Å². The average molecular weight is 325 g/mol. The molecule has 2 heterocycles. The molecule has 6 nitrogen and oxygen atoms in total. The molecule has 0 bridgehead atoms. The molecule has 118 valence electrons. The molecular formula is C16H9F2N5O. The van der Waals surface area contributed by atoms with Gasteiger partial charge in [-0.05, 0) is 12.1 Å². The lowest BCUT2D eigenvalue weighted by molar-refractivity contribution is 0.461. The maximum Gasteiger partial charge on any atom is 0.238 e. The normalized spacial score (nSPS) is 10.9. The molecule has 0 N–H and O–H groups in total. The van der Waals surface area contributed by atoms with Gasteiger partial charge in [-0.15, -0.1) is 5.10 Å². The zero-order chi connectivity index (χ0) is 16.5. The Morgan fingerprint density at radius 3 is 2.62 bits per heavy atom. The molecule has 0 aliphatic rings. The van der Waals surface area contributed by atoms with Crippen LogP contribution < -0.4 is 4.74 Å². The summed E-state index contributed by atoms with van der Waals surface area (Å²) >= 11 is 0. The van der Waals surface area contributed by atoms with Crippen LogP contribution in [0.2, 0.25) is 0 Å². The van der Waals surface area contributed by atoms with E-state index in [0.717, 1.165) is 17.8 Å². The number of nitrogens with zero attached hydrogens (tertiary/aromatic N) is 5. The van der Waals surface area contributed by atoms with Gasteiger partial charge in [-0.2, -0.15) is 0 Å². The van der Waals surface area contributed by atoms with Crippen molar-refractivity contribution in [2.45, 2.75) is 0 Å². The minimum atomic E-state index is -0.984. The first-order valence-electron chi connectivity index (χ1n) is 6.95. The molecule has 0 atom stereocenters. The topological polar surface area (TPSA) is 65.7 Å². The maximum absolute atomic E-state index is 13.3. The van der Waals surface area contributed by atoms with E-state index in [1.807, 2.05) is 6.07 Å². The van der Waals surface area contributed by atoms with Gasteiger partial charge in [-0.1, -0.05) is 11.3 Å². The smallest absolute Gasteiger partial charge is 0.238 e. The summed E-state index contributed by atoms with van der Waals surface area (Å²) < 4.78 is 33.7. The Labute approximate surface area is 134 Å². The highest BCUT2D eigenvalue weighted by Crippen LogP contribution is 2.23. The third kappa shape index (κ3) is 2.65. The molecule has 24 heavy (non-hydrogen) atoms. The van der Waals surface area contributed by atoms with Gasteiger partial charge in [0.25, 0.3) is 0 Å².